The van der Waals surface area contributed by atoms with E-state index in [0.717, 1.165) is 36.3 Å². The molecule has 2 N–H and O–H groups in total. The number of benzene rings is 2. The number of rotatable bonds is 5. The van der Waals surface area contributed by atoms with Gasteiger partial charge in [0, 0.05) is 12.0 Å². The van der Waals surface area contributed by atoms with Gasteiger partial charge >= 0.3 is 0 Å². The van der Waals surface area contributed by atoms with Crippen molar-refractivity contribution in [3.05, 3.63) is 71.0 Å². The summed E-state index contributed by atoms with van der Waals surface area (Å²) in [4.78, 5) is 5.49. The molecule has 0 aromatic heterocycles. The average molecular weight is 299 g/mol. The number of hydrogen-bond donors (Lipinski definition) is 1. The van der Waals surface area contributed by atoms with Crippen LogP contribution in [0.2, 0.25) is 0 Å². The first-order chi connectivity index (χ1) is 10.7. The molecular formula is C18H20FN2O+. The zero-order valence-electron chi connectivity index (χ0n) is 12.6. The molecule has 3 nitrogen and oxygen atoms in total. The Balaban J connectivity index is 1.47. The molecule has 1 atom stereocenters. The Kier molecular flexibility index (Phi) is 4.49. The smallest absolute Gasteiger partial charge is 0.181 e. The molecule has 0 radical (unpaired) electrons. The molecule has 0 spiro atoms. The summed E-state index contributed by atoms with van der Waals surface area (Å²) in [5, 5.41) is 6.33. The Morgan fingerprint density at radius 1 is 1.23 bits per heavy atom. The van der Waals surface area contributed by atoms with Gasteiger partial charge in [-0.25, -0.2) is 4.39 Å². The molecule has 4 heteroatoms. The van der Waals surface area contributed by atoms with Crippen molar-refractivity contribution in [3.8, 4) is 0 Å². The number of aryl methyl sites for hydroxylation is 1. The van der Waals surface area contributed by atoms with Gasteiger partial charge in [-0.2, -0.15) is 0 Å². The first kappa shape index (κ1) is 14.7. The Hall–Kier alpha value is -2.20. The third-order valence-corrected chi connectivity index (χ3v) is 3.82. The van der Waals surface area contributed by atoms with Gasteiger partial charge in [0.1, 0.15) is 18.9 Å². The second-order valence-electron chi connectivity index (χ2n) is 5.69. The third-order valence-electron chi connectivity index (χ3n) is 3.82. The number of nitrogens with two attached hydrogens (primary N) is 1. The van der Waals surface area contributed by atoms with Gasteiger partial charge in [-0.15, -0.1) is 0 Å². The van der Waals surface area contributed by atoms with Crippen molar-refractivity contribution in [2.24, 2.45) is 5.16 Å². The lowest BCUT2D eigenvalue weighted by molar-refractivity contribution is -0.676. The van der Waals surface area contributed by atoms with Crippen LogP contribution in [-0.2, 0) is 11.4 Å². The van der Waals surface area contributed by atoms with E-state index >= 15 is 0 Å². The number of oxime groups is 1. The molecule has 0 saturated carbocycles. The Bertz CT molecular complexity index is 667. The van der Waals surface area contributed by atoms with Crippen LogP contribution in [0.5, 0.6) is 0 Å². The van der Waals surface area contributed by atoms with Gasteiger partial charge in [-0.3, -0.25) is 0 Å². The van der Waals surface area contributed by atoms with Gasteiger partial charge in [0.05, 0.1) is 5.71 Å². The van der Waals surface area contributed by atoms with Crippen LogP contribution in [-0.4, -0.2) is 18.4 Å². The zero-order valence-corrected chi connectivity index (χ0v) is 12.6. The van der Waals surface area contributed by atoms with E-state index in [2.05, 4.69) is 41.7 Å². The maximum absolute atomic E-state index is 13.1. The van der Waals surface area contributed by atoms with E-state index in [1.165, 1.54) is 11.6 Å². The molecule has 1 heterocycles. The Labute approximate surface area is 129 Å². The first-order valence-electron chi connectivity index (χ1n) is 7.56. The van der Waals surface area contributed by atoms with Gasteiger partial charge < -0.3 is 10.2 Å². The van der Waals surface area contributed by atoms with Crippen molar-refractivity contribution < 1.29 is 14.5 Å². The van der Waals surface area contributed by atoms with Crippen LogP contribution in [0.4, 0.5) is 4.39 Å². The fraction of sp³-hybridized carbons (Fsp3) is 0.278. The van der Waals surface area contributed by atoms with Crippen molar-refractivity contribution in [1.82, 2.24) is 0 Å². The summed E-state index contributed by atoms with van der Waals surface area (Å²) in [6, 6.07) is 15.0. The molecule has 114 valence electrons. The lowest BCUT2D eigenvalue weighted by atomic mass is 10.0. The molecule has 1 aliphatic heterocycles. The Morgan fingerprint density at radius 2 is 2.05 bits per heavy atom. The Morgan fingerprint density at radius 3 is 2.82 bits per heavy atom. The van der Waals surface area contributed by atoms with Crippen molar-refractivity contribution in [2.75, 3.05) is 6.54 Å². The lowest BCUT2D eigenvalue weighted by Gasteiger charge is -2.07. The number of halogens is 1. The van der Waals surface area contributed by atoms with Crippen molar-refractivity contribution in [2.45, 2.75) is 26.0 Å². The van der Waals surface area contributed by atoms with E-state index in [0.29, 0.717) is 0 Å². The van der Waals surface area contributed by atoms with Crippen molar-refractivity contribution >= 4 is 5.71 Å². The highest BCUT2D eigenvalue weighted by atomic mass is 19.1. The fourth-order valence-electron chi connectivity index (χ4n) is 2.57. The zero-order chi connectivity index (χ0) is 15.4. The van der Waals surface area contributed by atoms with Crippen molar-refractivity contribution in [3.63, 3.8) is 0 Å². The van der Waals surface area contributed by atoms with E-state index in [-0.39, 0.29) is 11.9 Å². The SMILES string of the molecule is Cc1ccc(C2=NO[C@H](C[NH2+]Cc3cccc(F)c3)C2)cc1. The summed E-state index contributed by atoms with van der Waals surface area (Å²) < 4.78 is 13.1. The molecular weight excluding hydrogens is 279 g/mol. The van der Waals surface area contributed by atoms with Gasteiger partial charge in [0.25, 0.3) is 0 Å². The van der Waals surface area contributed by atoms with Crippen LogP contribution in [0.25, 0.3) is 0 Å². The highest BCUT2D eigenvalue weighted by molar-refractivity contribution is 6.01. The van der Waals surface area contributed by atoms with E-state index in [9.17, 15) is 4.39 Å². The molecule has 22 heavy (non-hydrogen) atoms. The largest absolute Gasteiger partial charge is 0.386 e. The molecule has 2 aromatic carbocycles. The monoisotopic (exact) mass is 299 g/mol. The minimum Gasteiger partial charge on any atom is -0.386 e. The summed E-state index contributed by atoms with van der Waals surface area (Å²) >= 11 is 0. The topological polar surface area (TPSA) is 38.2 Å². The first-order valence-corrected chi connectivity index (χ1v) is 7.56. The molecule has 0 bridgehead atoms. The van der Waals surface area contributed by atoms with Gasteiger partial charge in [0.15, 0.2) is 6.10 Å². The van der Waals surface area contributed by atoms with Gasteiger partial charge in [0.2, 0.25) is 0 Å². The van der Waals surface area contributed by atoms with Crippen LogP contribution in [0.3, 0.4) is 0 Å². The van der Waals surface area contributed by atoms with Crippen LogP contribution in [0, 0.1) is 12.7 Å². The average Bonchev–Trinajstić information content (AvgIpc) is 2.97. The second kappa shape index (κ2) is 6.71. The molecule has 0 saturated heterocycles. The van der Waals surface area contributed by atoms with Crippen molar-refractivity contribution in [1.29, 1.82) is 0 Å². The van der Waals surface area contributed by atoms with E-state index in [1.807, 2.05) is 6.07 Å². The number of nitrogens with zero attached hydrogens (tertiary/aromatic N) is 1. The minimum absolute atomic E-state index is 0.0878. The maximum Gasteiger partial charge on any atom is 0.181 e. The standard InChI is InChI=1S/C18H19FN2O/c1-13-5-7-15(8-6-13)18-10-17(22-21-18)12-20-11-14-3-2-4-16(19)9-14/h2-9,17,20H,10-12H2,1H3/p+1/t17-/m0/s1. The summed E-state index contributed by atoms with van der Waals surface area (Å²) in [5.74, 6) is -0.187. The molecule has 0 amide bonds. The third kappa shape index (κ3) is 3.71. The summed E-state index contributed by atoms with van der Waals surface area (Å²) in [6.07, 6.45) is 0.910. The summed E-state index contributed by atoms with van der Waals surface area (Å²) in [6.45, 7) is 3.63. The normalized spacial score (nSPS) is 17.2. The van der Waals surface area contributed by atoms with E-state index in [4.69, 9.17) is 4.84 Å². The molecule has 3 rings (SSSR count). The quantitative estimate of drug-likeness (QED) is 0.904. The molecule has 0 fully saturated rings. The highest BCUT2D eigenvalue weighted by Gasteiger charge is 2.23. The molecule has 1 aliphatic rings. The maximum atomic E-state index is 13.1. The molecule has 2 aromatic rings. The summed E-state index contributed by atoms with van der Waals surface area (Å²) in [5.41, 5.74) is 4.35. The summed E-state index contributed by atoms with van der Waals surface area (Å²) in [7, 11) is 0. The van der Waals surface area contributed by atoms with Gasteiger partial charge in [-0.1, -0.05) is 47.1 Å². The fourth-order valence-corrected chi connectivity index (χ4v) is 2.57. The van der Waals surface area contributed by atoms with Gasteiger partial charge in [-0.05, 0) is 24.6 Å². The van der Waals surface area contributed by atoms with E-state index < -0.39 is 0 Å². The molecule has 0 aliphatic carbocycles. The minimum atomic E-state index is -0.187. The van der Waals surface area contributed by atoms with Crippen LogP contribution < -0.4 is 5.32 Å². The number of quaternary nitrogens is 1. The number of hydrogen-bond acceptors (Lipinski definition) is 2. The van der Waals surface area contributed by atoms with Crippen LogP contribution in [0.1, 0.15) is 23.1 Å². The van der Waals surface area contributed by atoms with Crippen LogP contribution >= 0.6 is 0 Å². The predicted molar refractivity (Wildman–Crippen MR) is 84.1 cm³/mol. The molecule has 0 unspecified atom stereocenters. The lowest BCUT2D eigenvalue weighted by Crippen LogP contribution is -2.84. The highest BCUT2D eigenvalue weighted by Crippen LogP contribution is 2.16. The predicted octanol–water partition coefficient (Wildman–Crippen LogP) is 2.39. The second-order valence-corrected chi connectivity index (χ2v) is 5.69. The van der Waals surface area contributed by atoms with Crippen LogP contribution in [0.15, 0.2) is 53.7 Å². The van der Waals surface area contributed by atoms with E-state index in [1.54, 1.807) is 12.1 Å².